The standard InChI is InChI=1S/C21H23N3O3/c1-4-24-20(14-15(3)23-24)21(25)22-16-6-8-18(9-7-16)27-19-12-10-17(11-13-19)26-5-2/h6-14H,4-5H2,1-3H3,(H,22,25). The first-order valence-corrected chi connectivity index (χ1v) is 8.95. The quantitative estimate of drug-likeness (QED) is 0.662. The van der Waals surface area contributed by atoms with Crippen LogP contribution in [0.4, 0.5) is 5.69 Å². The Kier molecular flexibility index (Phi) is 5.76. The van der Waals surface area contributed by atoms with Crippen LogP contribution >= 0.6 is 0 Å². The number of carbonyl (C=O) groups is 1. The molecular weight excluding hydrogens is 342 g/mol. The number of benzene rings is 2. The van der Waals surface area contributed by atoms with Gasteiger partial charge in [0.05, 0.1) is 12.3 Å². The average Bonchev–Trinajstić information content (AvgIpc) is 3.06. The number of nitrogens with one attached hydrogen (secondary N) is 1. The highest BCUT2D eigenvalue weighted by Gasteiger charge is 2.13. The van der Waals surface area contributed by atoms with E-state index in [1.54, 1.807) is 22.9 Å². The number of ether oxygens (including phenoxy) is 2. The van der Waals surface area contributed by atoms with Crippen molar-refractivity contribution in [1.29, 1.82) is 0 Å². The first-order chi connectivity index (χ1) is 13.1. The smallest absolute Gasteiger partial charge is 0.273 e. The van der Waals surface area contributed by atoms with Crippen molar-refractivity contribution in [2.75, 3.05) is 11.9 Å². The van der Waals surface area contributed by atoms with Crippen molar-refractivity contribution in [3.63, 3.8) is 0 Å². The van der Waals surface area contributed by atoms with E-state index in [4.69, 9.17) is 9.47 Å². The number of aryl methyl sites for hydroxylation is 2. The number of aromatic nitrogens is 2. The highest BCUT2D eigenvalue weighted by molar-refractivity contribution is 6.03. The van der Waals surface area contributed by atoms with Gasteiger partial charge in [-0.25, -0.2) is 0 Å². The van der Waals surface area contributed by atoms with Crippen LogP contribution in [-0.4, -0.2) is 22.3 Å². The van der Waals surface area contributed by atoms with E-state index in [-0.39, 0.29) is 5.91 Å². The fraction of sp³-hybridized carbons (Fsp3) is 0.238. The lowest BCUT2D eigenvalue weighted by Crippen LogP contribution is -2.17. The number of carbonyl (C=O) groups excluding carboxylic acids is 1. The molecule has 0 aliphatic heterocycles. The van der Waals surface area contributed by atoms with Crippen molar-refractivity contribution in [2.24, 2.45) is 0 Å². The van der Waals surface area contributed by atoms with E-state index in [2.05, 4.69) is 10.4 Å². The van der Waals surface area contributed by atoms with Gasteiger partial charge in [0, 0.05) is 12.2 Å². The van der Waals surface area contributed by atoms with E-state index in [0.29, 0.717) is 30.3 Å². The van der Waals surface area contributed by atoms with Crippen LogP contribution in [0.15, 0.2) is 54.6 Å². The number of rotatable bonds is 7. The summed E-state index contributed by atoms with van der Waals surface area (Å²) in [6.45, 7) is 7.05. The second-order valence-corrected chi connectivity index (χ2v) is 5.97. The first kappa shape index (κ1) is 18.5. The number of hydrogen-bond acceptors (Lipinski definition) is 4. The molecule has 140 valence electrons. The Morgan fingerprint density at radius 2 is 1.59 bits per heavy atom. The predicted octanol–water partition coefficient (Wildman–Crippen LogP) is 4.65. The van der Waals surface area contributed by atoms with Gasteiger partial charge in [-0.3, -0.25) is 9.48 Å². The van der Waals surface area contributed by atoms with Gasteiger partial charge in [-0.1, -0.05) is 0 Å². The number of nitrogens with zero attached hydrogens (tertiary/aromatic N) is 2. The first-order valence-electron chi connectivity index (χ1n) is 8.95. The van der Waals surface area contributed by atoms with Gasteiger partial charge in [-0.05, 0) is 75.4 Å². The normalized spacial score (nSPS) is 10.5. The number of hydrogen-bond donors (Lipinski definition) is 1. The second kappa shape index (κ2) is 8.40. The van der Waals surface area contributed by atoms with Gasteiger partial charge in [0.1, 0.15) is 22.9 Å². The minimum atomic E-state index is -0.183. The fourth-order valence-corrected chi connectivity index (χ4v) is 2.68. The van der Waals surface area contributed by atoms with Gasteiger partial charge in [0.25, 0.3) is 5.91 Å². The predicted molar refractivity (Wildman–Crippen MR) is 105 cm³/mol. The molecule has 1 aromatic heterocycles. The topological polar surface area (TPSA) is 65.4 Å². The minimum Gasteiger partial charge on any atom is -0.494 e. The van der Waals surface area contributed by atoms with E-state index in [0.717, 1.165) is 17.2 Å². The Bertz CT molecular complexity index is 899. The van der Waals surface area contributed by atoms with Crippen LogP contribution in [0, 0.1) is 6.92 Å². The van der Waals surface area contributed by atoms with E-state index < -0.39 is 0 Å². The van der Waals surface area contributed by atoms with Crippen LogP contribution in [0.3, 0.4) is 0 Å². The van der Waals surface area contributed by atoms with Crippen molar-refractivity contribution >= 4 is 11.6 Å². The Labute approximate surface area is 158 Å². The highest BCUT2D eigenvalue weighted by Crippen LogP contribution is 2.25. The zero-order chi connectivity index (χ0) is 19.2. The van der Waals surface area contributed by atoms with Crippen LogP contribution in [0.25, 0.3) is 0 Å². The van der Waals surface area contributed by atoms with Crippen LogP contribution in [0.1, 0.15) is 30.0 Å². The summed E-state index contributed by atoms with van der Waals surface area (Å²) in [5.74, 6) is 2.03. The molecule has 0 saturated heterocycles. The third-order valence-corrected chi connectivity index (χ3v) is 3.92. The highest BCUT2D eigenvalue weighted by atomic mass is 16.5. The third kappa shape index (κ3) is 4.67. The zero-order valence-electron chi connectivity index (χ0n) is 15.7. The summed E-state index contributed by atoms with van der Waals surface area (Å²) in [6, 6.07) is 16.5. The van der Waals surface area contributed by atoms with E-state index in [9.17, 15) is 4.79 Å². The Morgan fingerprint density at radius 1 is 1.00 bits per heavy atom. The van der Waals surface area contributed by atoms with E-state index in [1.165, 1.54) is 0 Å². The lowest BCUT2D eigenvalue weighted by atomic mass is 10.2. The summed E-state index contributed by atoms with van der Waals surface area (Å²) in [7, 11) is 0. The average molecular weight is 365 g/mol. The molecular formula is C21H23N3O3. The fourth-order valence-electron chi connectivity index (χ4n) is 2.68. The molecule has 27 heavy (non-hydrogen) atoms. The molecule has 1 amide bonds. The minimum absolute atomic E-state index is 0.183. The molecule has 1 N–H and O–H groups in total. The molecule has 6 heteroatoms. The molecule has 0 aliphatic rings. The second-order valence-electron chi connectivity index (χ2n) is 5.97. The Morgan fingerprint density at radius 3 is 2.19 bits per heavy atom. The lowest BCUT2D eigenvalue weighted by molar-refractivity contribution is 0.101. The summed E-state index contributed by atoms with van der Waals surface area (Å²) in [6.07, 6.45) is 0. The monoisotopic (exact) mass is 365 g/mol. The van der Waals surface area contributed by atoms with Gasteiger partial charge in [-0.15, -0.1) is 0 Å². The summed E-state index contributed by atoms with van der Waals surface area (Å²) < 4.78 is 12.9. The maximum atomic E-state index is 12.5. The van der Waals surface area contributed by atoms with Gasteiger partial charge in [0.15, 0.2) is 0 Å². The summed E-state index contributed by atoms with van der Waals surface area (Å²) in [4.78, 5) is 12.5. The van der Waals surface area contributed by atoms with Gasteiger partial charge in [0.2, 0.25) is 0 Å². The molecule has 0 aliphatic carbocycles. The van der Waals surface area contributed by atoms with E-state index >= 15 is 0 Å². The van der Waals surface area contributed by atoms with Crippen LogP contribution in [-0.2, 0) is 6.54 Å². The van der Waals surface area contributed by atoms with E-state index in [1.807, 2.05) is 57.2 Å². The maximum Gasteiger partial charge on any atom is 0.273 e. The van der Waals surface area contributed by atoms with Gasteiger partial charge in [-0.2, -0.15) is 5.10 Å². The third-order valence-electron chi connectivity index (χ3n) is 3.92. The molecule has 2 aromatic carbocycles. The maximum absolute atomic E-state index is 12.5. The van der Waals surface area contributed by atoms with Crippen LogP contribution < -0.4 is 14.8 Å². The van der Waals surface area contributed by atoms with Crippen molar-refractivity contribution in [3.05, 3.63) is 66.0 Å². The van der Waals surface area contributed by atoms with Crippen molar-refractivity contribution in [2.45, 2.75) is 27.3 Å². The Balaban J connectivity index is 1.63. The molecule has 0 saturated carbocycles. The molecule has 3 rings (SSSR count). The summed E-state index contributed by atoms with van der Waals surface area (Å²) >= 11 is 0. The van der Waals surface area contributed by atoms with Gasteiger partial charge < -0.3 is 14.8 Å². The molecule has 6 nitrogen and oxygen atoms in total. The SMILES string of the molecule is CCOc1ccc(Oc2ccc(NC(=O)c3cc(C)nn3CC)cc2)cc1. The number of amides is 1. The lowest BCUT2D eigenvalue weighted by Gasteiger charge is -2.09. The molecule has 0 unspecified atom stereocenters. The van der Waals surface area contributed by atoms with Crippen molar-refractivity contribution < 1.29 is 14.3 Å². The van der Waals surface area contributed by atoms with Crippen LogP contribution in [0.2, 0.25) is 0 Å². The molecule has 1 heterocycles. The molecule has 0 spiro atoms. The Hall–Kier alpha value is -3.28. The molecule has 0 atom stereocenters. The van der Waals surface area contributed by atoms with Gasteiger partial charge >= 0.3 is 0 Å². The largest absolute Gasteiger partial charge is 0.494 e. The summed E-state index contributed by atoms with van der Waals surface area (Å²) in [5.41, 5.74) is 2.06. The van der Waals surface area contributed by atoms with Crippen LogP contribution in [0.5, 0.6) is 17.2 Å². The zero-order valence-corrected chi connectivity index (χ0v) is 15.7. The molecule has 0 bridgehead atoms. The van der Waals surface area contributed by atoms with Crippen molar-refractivity contribution in [3.8, 4) is 17.2 Å². The summed E-state index contributed by atoms with van der Waals surface area (Å²) in [5, 5.41) is 7.18. The molecule has 0 fully saturated rings. The molecule has 0 radical (unpaired) electrons. The van der Waals surface area contributed by atoms with Crippen molar-refractivity contribution in [1.82, 2.24) is 9.78 Å². The molecule has 3 aromatic rings. The number of anilines is 1.